The number of methoxy groups -OCH3 is 1. The molecule has 0 saturated carbocycles. The van der Waals surface area contributed by atoms with Gasteiger partial charge in [-0.1, -0.05) is 12.1 Å². The van der Waals surface area contributed by atoms with E-state index in [0.717, 1.165) is 25.2 Å². The van der Waals surface area contributed by atoms with Gasteiger partial charge in [0.05, 0.1) is 6.61 Å². The van der Waals surface area contributed by atoms with Crippen molar-refractivity contribution in [2.24, 2.45) is 5.92 Å². The highest BCUT2D eigenvalue weighted by molar-refractivity contribution is 5.94. The number of carbonyl (C=O) groups is 1. The lowest BCUT2D eigenvalue weighted by Gasteiger charge is -2.27. The number of hydrogen-bond acceptors (Lipinski definition) is 3. The first-order valence-corrected chi connectivity index (χ1v) is 5.86. The van der Waals surface area contributed by atoms with Gasteiger partial charge in [-0.3, -0.25) is 4.79 Å². The average molecular weight is 271 g/mol. The van der Waals surface area contributed by atoms with Crippen LogP contribution < -0.4 is 10.6 Å². The second kappa shape index (κ2) is 7.36. The molecule has 0 radical (unpaired) electrons. The largest absolute Gasteiger partial charge is 0.380 e. The van der Waals surface area contributed by atoms with Crippen molar-refractivity contribution >= 4 is 18.3 Å². The van der Waals surface area contributed by atoms with Crippen molar-refractivity contribution in [3.05, 3.63) is 35.4 Å². The van der Waals surface area contributed by atoms with Gasteiger partial charge in [-0.25, -0.2) is 0 Å². The monoisotopic (exact) mass is 270 g/mol. The maximum Gasteiger partial charge on any atom is 0.251 e. The predicted molar refractivity (Wildman–Crippen MR) is 73.1 cm³/mol. The van der Waals surface area contributed by atoms with Gasteiger partial charge in [0.1, 0.15) is 0 Å². The quantitative estimate of drug-likeness (QED) is 0.846. The third-order valence-electron chi connectivity index (χ3n) is 2.94. The number of hydrogen-bond donors (Lipinski definition) is 2. The molecule has 0 atom stereocenters. The number of halogens is 1. The molecule has 1 aromatic rings. The Morgan fingerprint density at radius 3 is 2.56 bits per heavy atom. The summed E-state index contributed by atoms with van der Waals surface area (Å²) in [6.07, 6.45) is 0. The Morgan fingerprint density at radius 2 is 2.06 bits per heavy atom. The topological polar surface area (TPSA) is 50.4 Å². The van der Waals surface area contributed by atoms with Crippen molar-refractivity contribution in [3.63, 3.8) is 0 Å². The number of rotatable bonds is 5. The maximum absolute atomic E-state index is 11.8. The van der Waals surface area contributed by atoms with Gasteiger partial charge in [-0.2, -0.15) is 0 Å². The first kappa shape index (κ1) is 15.0. The van der Waals surface area contributed by atoms with Crippen LogP contribution in [0.1, 0.15) is 15.9 Å². The van der Waals surface area contributed by atoms with Crippen molar-refractivity contribution in [3.8, 4) is 0 Å². The van der Waals surface area contributed by atoms with Crippen LogP contribution in [0.5, 0.6) is 0 Å². The molecule has 0 aliphatic carbocycles. The van der Waals surface area contributed by atoms with Crippen molar-refractivity contribution in [2.45, 2.75) is 6.61 Å². The molecule has 100 valence electrons. The standard InChI is InChI=1S/C13H18N2O2.ClH/c1-17-9-10-2-4-12(5-3-10)13(16)15-8-11-6-14-7-11;/h2-5,11,14H,6-9H2,1H3,(H,15,16);1H. The van der Waals surface area contributed by atoms with Gasteiger partial charge in [0.25, 0.3) is 5.91 Å². The van der Waals surface area contributed by atoms with Crippen molar-refractivity contribution in [1.29, 1.82) is 0 Å². The molecular weight excluding hydrogens is 252 g/mol. The number of nitrogens with one attached hydrogen (secondary N) is 2. The predicted octanol–water partition coefficient (Wildman–Crippen LogP) is 1.20. The zero-order chi connectivity index (χ0) is 12.1. The second-order valence-electron chi connectivity index (χ2n) is 4.36. The molecule has 1 fully saturated rings. The molecule has 1 aromatic carbocycles. The van der Waals surface area contributed by atoms with E-state index in [1.165, 1.54) is 0 Å². The van der Waals surface area contributed by atoms with E-state index in [4.69, 9.17) is 4.74 Å². The lowest BCUT2D eigenvalue weighted by Crippen LogP contribution is -2.48. The average Bonchev–Trinajstić information content (AvgIpc) is 2.28. The molecular formula is C13H19ClN2O2. The van der Waals surface area contributed by atoms with E-state index < -0.39 is 0 Å². The van der Waals surface area contributed by atoms with E-state index in [1.54, 1.807) is 7.11 Å². The van der Waals surface area contributed by atoms with Crippen LogP contribution in [0, 0.1) is 5.92 Å². The summed E-state index contributed by atoms with van der Waals surface area (Å²) in [6.45, 7) is 3.35. The fraction of sp³-hybridized carbons (Fsp3) is 0.462. The van der Waals surface area contributed by atoms with E-state index >= 15 is 0 Å². The number of amides is 1. The summed E-state index contributed by atoms with van der Waals surface area (Å²) >= 11 is 0. The summed E-state index contributed by atoms with van der Waals surface area (Å²) in [5.41, 5.74) is 1.78. The van der Waals surface area contributed by atoms with Gasteiger partial charge in [-0.15, -0.1) is 12.4 Å². The second-order valence-corrected chi connectivity index (χ2v) is 4.36. The molecule has 2 N–H and O–H groups in total. The smallest absolute Gasteiger partial charge is 0.251 e. The van der Waals surface area contributed by atoms with E-state index in [9.17, 15) is 4.79 Å². The van der Waals surface area contributed by atoms with Gasteiger partial charge in [0, 0.05) is 38.2 Å². The fourth-order valence-corrected chi connectivity index (χ4v) is 1.75. The summed E-state index contributed by atoms with van der Waals surface area (Å²) in [7, 11) is 1.66. The zero-order valence-electron chi connectivity index (χ0n) is 10.4. The Morgan fingerprint density at radius 1 is 1.39 bits per heavy atom. The SMILES string of the molecule is COCc1ccc(C(=O)NCC2CNC2)cc1.Cl. The Balaban J connectivity index is 0.00000162. The minimum absolute atomic E-state index is 0. The Labute approximate surface area is 114 Å². The lowest BCUT2D eigenvalue weighted by molar-refractivity contribution is 0.0942. The van der Waals surface area contributed by atoms with E-state index in [0.29, 0.717) is 18.1 Å². The number of benzene rings is 1. The normalized spacial score (nSPS) is 14.5. The first-order chi connectivity index (χ1) is 8.29. The van der Waals surface area contributed by atoms with E-state index in [-0.39, 0.29) is 18.3 Å². The first-order valence-electron chi connectivity index (χ1n) is 5.86. The summed E-state index contributed by atoms with van der Waals surface area (Å²) in [5.74, 6) is 0.590. The minimum atomic E-state index is 0. The van der Waals surface area contributed by atoms with Crippen LogP contribution in [0.4, 0.5) is 0 Å². The molecule has 4 nitrogen and oxygen atoms in total. The van der Waals surface area contributed by atoms with E-state index in [1.807, 2.05) is 24.3 Å². The molecule has 2 rings (SSSR count). The van der Waals surface area contributed by atoms with Crippen molar-refractivity contribution in [1.82, 2.24) is 10.6 Å². The molecule has 0 bridgehead atoms. The molecule has 1 aliphatic rings. The van der Waals surface area contributed by atoms with Gasteiger partial charge in [-0.05, 0) is 17.7 Å². The van der Waals surface area contributed by atoms with Gasteiger partial charge in [0.15, 0.2) is 0 Å². The van der Waals surface area contributed by atoms with Gasteiger partial charge >= 0.3 is 0 Å². The number of carbonyl (C=O) groups excluding carboxylic acids is 1. The molecule has 1 aliphatic heterocycles. The zero-order valence-corrected chi connectivity index (χ0v) is 11.3. The molecule has 0 unspecified atom stereocenters. The van der Waals surface area contributed by atoms with Gasteiger partial charge in [0.2, 0.25) is 0 Å². The van der Waals surface area contributed by atoms with Crippen LogP contribution in [-0.4, -0.2) is 32.7 Å². The highest BCUT2D eigenvalue weighted by atomic mass is 35.5. The highest BCUT2D eigenvalue weighted by Crippen LogP contribution is 2.06. The fourth-order valence-electron chi connectivity index (χ4n) is 1.75. The van der Waals surface area contributed by atoms with Gasteiger partial charge < -0.3 is 15.4 Å². The van der Waals surface area contributed by atoms with Crippen LogP contribution in [0.25, 0.3) is 0 Å². The lowest BCUT2D eigenvalue weighted by atomic mass is 10.0. The molecule has 1 saturated heterocycles. The summed E-state index contributed by atoms with van der Waals surface area (Å²) < 4.78 is 5.02. The van der Waals surface area contributed by atoms with Crippen LogP contribution >= 0.6 is 12.4 Å². The van der Waals surface area contributed by atoms with Crippen LogP contribution in [0.15, 0.2) is 24.3 Å². The number of ether oxygens (including phenoxy) is 1. The van der Waals surface area contributed by atoms with Crippen molar-refractivity contribution in [2.75, 3.05) is 26.7 Å². The summed E-state index contributed by atoms with van der Waals surface area (Å²) in [4.78, 5) is 11.8. The Kier molecular flexibility index (Phi) is 6.12. The Hall–Kier alpha value is -1.10. The van der Waals surface area contributed by atoms with Crippen molar-refractivity contribution < 1.29 is 9.53 Å². The maximum atomic E-state index is 11.8. The summed E-state index contributed by atoms with van der Waals surface area (Å²) in [5, 5.41) is 6.12. The molecule has 5 heteroatoms. The molecule has 18 heavy (non-hydrogen) atoms. The van der Waals surface area contributed by atoms with Crippen LogP contribution in [0.3, 0.4) is 0 Å². The molecule has 0 aromatic heterocycles. The van der Waals surface area contributed by atoms with E-state index in [2.05, 4.69) is 10.6 Å². The highest BCUT2D eigenvalue weighted by Gasteiger charge is 2.17. The van der Waals surface area contributed by atoms with Crippen LogP contribution in [0.2, 0.25) is 0 Å². The Bertz CT molecular complexity index is 377. The molecule has 0 spiro atoms. The third-order valence-corrected chi connectivity index (χ3v) is 2.94. The van der Waals surface area contributed by atoms with Crippen LogP contribution in [-0.2, 0) is 11.3 Å². The third kappa shape index (κ3) is 3.98. The summed E-state index contributed by atoms with van der Waals surface area (Å²) in [6, 6.07) is 7.51. The molecule has 1 amide bonds. The minimum Gasteiger partial charge on any atom is -0.380 e. The molecule has 1 heterocycles.